The summed E-state index contributed by atoms with van der Waals surface area (Å²) in [6.07, 6.45) is -1.10. The molecule has 0 radical (unpaired) electrons. The van der Waals surface area contributed by atoms with Crippen LogP contribution in [0, 0.1) is 0 Å². The van der Waals surface area contributed by atoms with E-state index in [0.717, 1.165) is 0 Å². The van der Waals surface area contributed by atoms with Gasteiger partial charge in [0.1, 0.15) is 11.9 Å². The molecule has 0 heterocycles. The zero-order valence-electron chi connectivity index (χ0n) is 6.88. The third kappa shape index (κ3) is 3.10. The first-order valence-electron chi connectivity index (χ1n) is 3.79. The molecule has 0 spiro atoms. The zero-order chi connectivity index (χ0) is 9.68. The molecule has 0 aliphatic heterocycles. The number of aliphatic hydroxyl groups is 2. The summed E-state index contributed by atoms with van der Waals surface area (Å²) >= 11 is 4.73. The Morgan fingerprint density at radius 2 is 2.00 bits per heavy atom. The predicted octanol–water partition coefficient (Wildman–Crippen LogP) is 0.746. The van der Waals surface area contributed by atoms with Gasteiger partial charge in [0.2, 0.25) is 0 Å². The Bertz CT molecular complexity index is 273. The van der Waals surface area contributed by atoms with Crippen molar-refractivity contribution in [1.82, 2.24) is 0 Å². The van der Waals surface area contributed by atoms with Crippen molar-refractivity contribution in [2.45, 2.75) is 6.10 Å². The minimum Gasteiger partial charge on any atom is -0.447 e. The highest BCUT2D eigenvalue weighted by molar-refractivity contribution is 7.80. The van der Waals surface area contributed by atoms with Crippen LogP contribution >= 0.6 is 12.2 Å². The van der Waals surface area contributed by atoms with Crippen molar-refractivity contribution in [1.29, 1.82) is 0 Å². The number of benzene rings is 1. The lowest BCUT2D eigenvalue weighted by Crippen LogP contribution is -2.27. The highest BCUT2D eigenvalue weighted by atomic mass is 32.1. The number of thiocarbonyl (C=S) groups is 1. The second-order valence-electron chi connectivity index (χ2n) is 2.43. The van der Waals surface area contributed by atoms with Gasteiger partial charge in [0.25, 0.3) is 0 Å². The summed E-state index contributed by atoms with van der Waals surface area (Å²) in [5.41, 5.74) is 0. The number of para-hydroxylation sites is 1. The monoisotopic (exact) mass is 198 g/mol. The molecule has 1 atom stereocenters. The number of hydrogen-bond donors (Lipinski definition) is 2. The minimum atomic E-state index is -1.10. The van der Waals surface area contributed by atoms with Crippen molar-refractivity contribution in [2.75, 3.05) is 6.61 Å². The van der Waals surface area contributed by atoms with Crippen LogP contribution in [0.25, 0.3) is 0 Å². The average molecular weight is 198 g/mol. The van der Waals surface area contributed by atoms with E-state index in [0.29, 0.717) is 5.75 Å². The molecule has 3 nitrogen and oxygen atoms in total. The molecule has 4 heteroatoms. The first-order chi connectivity index (χ1) is 6.24. The number of rotatable bonds is 3. The van der Waals surface area contributed by atoms with Crippen LogP contribution in [0.1, 0.15) is 0 Å². The van der Waals surface area contributed by atoms with Gasteiger partial charge in [-0.05, 0) is 24.4 Å². The summed E-state index contributed by atoms with van der Waals surface area (Å²) in [5, 5.41) is 17.6. The SMILES string of the molecule is OCC(O)C(=S)Oc1ccccc1. The third-order valence-corrected chi connectivity index (χ3v) is 1.76. The molecule has 1 unspecified atom stereocenters. The molecule has 13 heavy (non-hydrogen) atoms. The number of hydrogen-bond acceptors (Lipinski definition) is 4. The van der Waals surface area contributed by atoms with Gasteiger partial charge in [-0.25, -0.2) is 0 Å². The molecule has 70 valence electrons. The molecule has 0 bridgehead atoms. The standard InChI is InChI=1S/C9H10O3S/c10-6-8(11)9(13)12-7-4-2-1-3-5-7/h1-5,8,10-11H,6H2. The molecule has 0 amide bonds. The average Bonchev–Trinajstić information content (AvgIpc) is 2.18. The lowest BCUT2D eigenvalue weighted by atomic mass is 10.3. The van der Waals surface area contributed by atoms with E-state index in [9.17, 15) is 0 Å². The first kappa shape index (κ1) is 10.1. The van der Waals surface area contributed by atoms with Gasteiger partial charge >= 0.3 is 0 Å². The molecule has 0 saturated heterocycles. The maximum absolute atomic E-state index is 9.07. The van der Waals surface area contributed by atoms with Gasteiger partial charge in [-0.1, -0.05) is 18.2 Å². The summed E-state index contributed by atoms with van der Waals surface area (Å²) < 4.78 is 5.09. The fraction of sp³-hybridized carbons (Fsp3) is 0.222. The maximum atomic E-state index is 9.07. The van der Waals surface area contributed by atoms with Crippen LogP contribution in [0.3, 0.4) is 0 Å². The molecule has 2 N–H and O–H groups in total. The minimum absolute atomic E-state index is 0.0197. The summed E-state index contributed by atoms with van der Waals surface area (Å²) in [6.45, 7) is -0.425. The molecule has 0 aromatic heterocycles. The van der Waals surface area contributed by atoms with Crippen molar-refractivity contribution in [2.24, 2.45) is 0 Å². The van der Waals surface area contributed by atoms with E-state index in [1.807, 2.05) is 6.07 Å². The van der Waals surface area contributed by atoms with Crippen LogP contribution < -0.4 is 4.74 Å². The van der Waals surface area contributed by atoms with Gasteiger partial charge in [-0.3, -0.25) is 0 Å². The third-order valence-electron chi connectivity index (χ3n) is 1.41. The Kier molecular flexibility index (Phi) is 3.82. The summed E-state index contributed by atoms with van der Waals surface area (Å²) in [6, 6.07) is 8.87. The van der Waals surface area contributed by atoms with Crippen LogP contribution in [0.2, 0.25) is 0 Å². The van der Waals surface area contributed by atoms with Crippen molar-refractivity contribution < 1.29 is 14.9 Å². The molecule has 0 saturated carbocycles. The van der Waals surface area contributed by atoms with Crippen LogP contribution in [0.5, 0.6) is 5.75 Å². The fourth-order valence-electron chi connectivity index (χ4n) is 0.747. The zero-order valence-corrected chi connectivity index (χ0v) is 7.70. The van der Waals surface area contributed by atoms with Gasteiger partial charge < -0.3 is 14.9 Å². The van der Waals surface area contributed by atoms with Crippen LogP contribution in [0.4, 0.5) is 0 Å². The van der Waals surface area contributed by atoms with E-state index in [4.69, 9.17) is 27.2 Å². The molecule has 1 rings (SSSR count). The molecular formula is C9H10O3S. The molecule has 1 aromatic rings. The quantitative estimate of drug-likeness (QED) is 0.703. The molecule has 0 aliphatic rings. The Hall–Kier alpha value is -0.970. The van der Waals surface area contributed by atoms with Crippen molar-refractivity contribution in [3.05, 3.63) is 30.3 Å². The van der Waals surface area contributed by atoms with E-state index < -0.39 is 12.7 Å². The lowest BCUT2D eigenvalue weighted by molar-refractivity contribution is 0.135. The largest absolute Gasteiger partial charge is 0.447 e. The van der Waals surface area contributed by atoms with Gasteiger partial charge in [0, 0.05) is 0 Å². The first-order valence-corrected chi connectivity index (χ1v) is 4.20. The van der Waals surface area contributed by atoms with Gasteiger partial charge in [-0.15, -0.1) is 0 Å². The van der Waals surface area contributed by atoms with Gasteiger partial charge in [-0.2, -0.15) is 0 Å². The highest BCUT2D eigenvalue weighted by Gasteiger charge is 2.10. The van der Waals surface area contributed by atoms with Crippen molar-refractivity contribution >= 4 is 17.3 Å². The Morgan fingerprint density at radius 3 is 2.54 bits per heavy atom. The summed E-state index contributed by atoms with van der Waals surface area (Å²) in [7, 11) is 0. The Labute approximate surface area is 81.6 Å². The van der Waals surface area contributed by atoms with Crippen LogP contribution in [-0.4, -0.2) is 28.0 Å². The Balaban J connectivity index is 2.55. The van der Waals surface area contributed by atoms with Crippen LogP contribution in [0.15, 0.2) is 30.3 Å². The van der Waals surface area contributed by atoms with E-state index in [1.165, 1.54) is 0 Å². The predicted molar refractivity (Wildman–Crippen MR) is 52.8 cm³/mol. The van der Waals surface area contributed by atoms with E-state index in [-0.39, 0.29) is 5.05 Å². The highest BCUT2D eigenvalue weighted by Crippen LogP contribution is 2.09. The molecule has 1 aromatic carbocycles. The van der Waals surface area contributed by atoms with Crippen molar-refractivity contribution in [3.63, 3.8) is 0 Å². The normalized spacial score (nSPS) is 12.2. The van der Waals surface area contributed by atoms with E-state index in [2.05, 4.69) is 0 Å². The topological polar surface area (TPSA) is 49.7 Å². The van der Waals surface area contributed by atoms with Crippen molar-refractivity contribution in [3.8, 4) is 5.75 Å². The lowest BCUT2D eigenvalue weighted by Gasteiger charge is -2.09. The maximum Gasteiger partial charge on any atom is 0.198 e. The number of aliphatic hydroxyl groups excluding tert-OH is 2. The molecule has 0 aliphatic carbocycles. The van der Waals surface area contributed by atoms with Crippen LogP contribution in [-0.2, 0) is 0 Å². The van der Waals surface area contributed by atoms with E-state index in [1.54, 1.807) is 24.3 Å². The molecule has 0 fully saturated rings. The second-order valence-corrected chi connectivity index (χ2v) is 2.83. The van der Waals surface area contributed by atoms with Gasteiger partial charge in [0.05, 0.1) is 6.61 Å². The van der Waals surface area contributed by atoms with Gasteiger partial charge in [0.15, 0.2) is 5.05 Å². The number of ether oxygens (including phenoxy) is 1. The fourth-order valence-corrected chi connectivity index (χ4v) is 0.918. The Morgan fingerprint density at radius 1 is 1.38 bits per heavy atom. The second kappa shape index (κ2) is 4.91. The summed E-state index contributed by atoms with van der Waals surface area (Å²) in [5.74, 6) is 0.556. The summed E-state index contributed by atoms with van der Waals surface area (Å²) in [4.78, 5) is 0. The smallest absolute Gasteiger partial charge is 0.198 e. The molecular weight excluding hydrogens is 188 g/mol. The van der Waals surface area contributed by atoms with E-state index >= 15 is 0 Å².